The molecule has 5 nitrogen and oxygen atoms in total. The third kappa shape index (κ3) is 1.91. The highest BCUT2D eigenvalue weighted by atomic mass is 16.5. The highest BCUT2D eigenvalue weighted by Gasteiger charge is 2.15. The predicted molar refractivity (Wildman–Crippen MR) is 78.0 cm³/mol. The van der Waals surface area contributed by atoms with Gasteiger partial charge in [-0.15, -0.1) is 0 Å². The van der Waals surface area contributed by atoms with Crippen molar-refractivity contribution in [1.29, 1.82) is 0 Å². The zero-order valence-electron chi connectivity index (χ0n) is 11.6. The molecule has 20 heavy (non-hydrogen) atoms. The van der Waals surface area contributed by atoms with Crippen molar-refractivity contribution in [1.82, 2.24) is 14.8 Å². The molecule has 0 aliphatic heterocycles. The van der Waals surface area contributed by atoms with Gasteiger partial charge in [0.2, 0.25) is 5.88 Å². The van der Waals surface area contributed by atoms with Gasteiger partial charge < -0.3 is 9.84 Å². The molecular weight excluding hydrogens is 254 g/mol. The van der Waals surface area contributed by atoms with Crippen LogP contribution in [-0.4, -0.2) is 33.1 Å². The lowest BCUT2D eigenvalue weighted by molar-refractivity contribution is 0.198. The molecule has 0 fully saturated rings. The Morgan fingerprint density at radius 1 is 1.25 bits per heavy atom. The van der Waals surface area contributed by atoms with Crippen LogP contribution in [0.5, 0.6) is 5.88 Å². The van der Waals surface area contributed by atoms with E-state index in [0.717, 1.165) is 33.9 Å². The summed E-state index contributed by atoms with van der Waals surface area (Å²) in [7, 11) is 1.89. The van der Waals surface area contributed by atoms with Crippen molar-refractivity contribution in [2.45, 2.75) is 13.3 Å². The Hall–Kier alpha value is -2.14. The summed E-state index contributed by atoms with van der Waals surface area (Å²) in [5, 5.41) is 16.6. The molecule has 0 amide bonds. The van der Waals surface area contributed by atoms with E-state index in [4.69, 9.17) is 9.84 Å². The summed E-state index contributed by atoms with van der Waals surface area (Å²) in [5.41, 5.74) is 1.85. The molecule has 5 heteroatoms. The number of aryl methyl sites for hydroxylation is 2. The molecule has 1 N–H and O–H groups in total. The molecule has 0 atom stereocenters. The minimum absolute atomic E-state index is 0.0281. The first-order valence-corrected chi connectivity index (χ1v) is 6.74. The van der Waals surface area contributed by atoms with Crippen LogP contribution < -0.4 is 4.74 Å². The van der Waals surface area contributed by atoms with Crippen LogP contribution in [-0.2, 0) is 13.5 Å². The molecule has 0 aliphatic rings. The van der Waals surface area contributed by atoms with Gasteiger partial charge in [-0.25, -0.2) is 0 Å². The first-order chi connectivity index (χ1) is 9.76. The van der Waals surface area contributed by atoms with E-state index in [0.29, 0.717) is 5.88 Å². The quantitative estimate of drug-likeness (QED) is 0.789. The number of benzene rings is 1. The monoisotopic (exact) mass is 271 g/mol. The topological polar surface area (TPSA) is 60.2 Å². The number of ether oxygens (including phenoxy) is 1. The summed E-state index contributed by atoms with van der Waals surface area (Å²) >= 11 is 0. The number of aliphatic hydroxyl groups excluding tert-OH is 1. The molecule has 104 valence electrons. The summed E-state index contributed by atoms with van der Waals surface area (Å²) in [6.45, 7) is 2.30. The third-order valence-electron chi connectivity index (χ3n) is 3.39. The van der Waals surface area contributed by atoms with Crippen molar-refractivity contribution in [3.63, 3.8) is 0 Å². The maximum absolute atomic E-state index is 8.94. The van der Waals surface area contributed by atoms with E-state index >= 15 is 0 Å². The van der Waals surface area contributed by atoms with E-state index in [2.05, 4.69) is 23.1 Å². The molecule has 1 aromatic carbocycles. The molecular formula is C15H17N3O2. The number of hydrogen-bond donors (Lipinski definition) is 1. The summed E-state index contributed by atoms with van der Waals surface area (Å²) in [6, 6.07) is 8.01. The van der Waals surface area contributed by atoms with Crippen LogP contribution in [0.1, 0.15) is 12.6 Å². The zero-order chi connectivity index (χ0) is 14.1. The Morgan fingerprint density at radius 2 is 2.00 bits per heavy atom. The van der Waals surface area contributed by atoms with E-state index in [1.165, 1.54) is 0 Å². The van der Waals surface area contributed by atoms with Crippen LogP contribution in [0.4, 0.5) is 0 Å². The van der Waals surface area contributed by atoms with Gasteiger partial charge in [0.05, 0.1) is 17.7 Å². The van der Waals surface area contributed by atoms with Crippen LogP contribution in [0.15, 0.2) is 24.3 Å². The van der Waals surface area contributed by atoms with Gasteiger partial charge in [0, 0.05) is 12.4 Å². The first-order valence-electron chi connectivity index (χ1n) is 6.74. The van der Waals surface area contributed by atoms with Crippen LogP contribution >= 0.6 is 0 Å². The molecule has 0 unspecified atom stereocenters. The lowest BCUT2D eigenvalue weighted by Crippen LogP contribution is -2.04. The number of pyridine rings is 1. The molecule has 0 saturated heterocycles. The summed E-state index contributed by atoms with van der Waals surface area (Å²) in [4.78, 5) is 4.58. The summed E-state index contributed by atoms with van der Waals surface area (Å²) < 4.78 is 7.36. The average Bonchev–Trinajstić information content (AvgIpc) is 2.81. The fourth-order valence-electron chi connectivity index (χ4n) is 2.52. The van der Waals surface area contributed by atoms with Crippen molar-refractivity contribution >= 4 is 21.8 Å². The largest absolute Gasteiger partial charge is 0.475 e. The summed E-state index contributed by atoms with van der Waals surface area (Å²) in [6.07, 6.45) is 0.861. The molecule has 2 heterocycles. The lowest BCUT2D eigenvalue weighted by atomic mass is 10.1. The maximum Gasteiger partial charge on any atom is 0.223 e. The molecule has 3 aromatic rings. The fraction of sp³-hybridized carbons (Fsp3) is 0.333. The van der Waals surface area contributed by atoms with Gasteiger partial charge >= 0.3 is 0 Å². The van der Waals surface area contributed by atoms with Crippen molar-refractivity contribution in [3.8, 4) is 5.88 Å². The van der Waals surface area contributed by atoms with E-state index in [9.17, 15) is 0 Å². The minimum atomic E-state index is -0.0281. The van der Waals surface area contributed by atoms with Gasteiger partial charge in [-0.1, -0.05) is 25.1 Å². The predicted octanol–water partition coefficient (Wildman–Crippen LogP) is 2.05. The summed E-state index contributed by atoms with van der Waals surface area (Å²) in [5.74, 6) is 0.549. The Balaban J connectivity index is 2.37. The second kappa shape index (κ2) is 5.09. The molecule has 2 aromatic heterocycles. The van der Waals surface area contributed by atoms with Gasteiger partial charge in [0.15, 0.2) is 5.65 Å². The van der Waals surface area contributed by atoms with Gasteiger partial charge in [0.25, 0.3) is 0 Å². The van der Waals surface area contributed by atoms with E-state index in [1.807, 2.05) is 25.2 Å². The van der Waals surface area contributed by atoms with Crippen molar-refractivity contribution in [2.24, 2.45) is 7.05 Å². The van der Waals surface area contributed by atoms with Crippen LogP contribution in [0.25, 0.3) is 21.8 Å². The van der Waals surface area contributed by atoms with Crippen molar-refractivity contribution in [3.05, 3.63) is 30.0 Å². The molecule has 0 spiro atoms. The number of rotatable bonds is 4. The highest BCUT2D eigenvalue weighted by molar-refractivity contribution is 6.08. The maximum atomic E-state index is 8.94. The minimum Gasteiger partial charge on any atom is -0.475 e. The Kier molecular flexibility index (Phi) is 3.28. The van der Waals surface area contributed by atoms with Gasteiger partial charge in [-0.3, -0.25) is 4.68 Å². The van der Waals surface area contributed by atoms with Gasteiger partial charge in [-0.05, 0) is 17.9 Å². The third-order valence-corrected chi connectivity index (χ3v) is 3.39. The van der Waals surface area contributed by atoms with E-state index in [-0.39, 0.29) is 13.2 Å². The Labute approximate surface area is 116 Å². The van der Waals surface area contributed by atoms with Crippen LogP contribution in [0, 0.1) is 0 Å². The van der Waals surface area contributed by atoms with Crippen molar-refractivity contribution < 1.29 is 9.84 Å². The number of aromatic nitrogens is 3. The Morgan fingerprint density at radius 3 is 2.70 bits per heavy atom. The standard InChI is InChI=1S/C15H17N3O2/c1-3-12-13-10-6-4-5-7-11(10)15(20-9-8-19)16-14(13)18(2)17-12/h4-7,19H,3,8-9H2,1-2H3. The average molecular weight is 271 g/mol. The number of hydrogen-bond acceptors (Lipinski definition) is 4. The number of fused-ring (bicyclic) bond motifs is 3. The molecule has 3 rings (SSSR count). The molecule has 0 radical (unpaired) electrons. The fourth-order valence-corrected chi connectivity index (χ4v) is 2.52. The van der Waals surface area contributed by atoms with Gasteiger partial charge in [0.1, 0.15) is 6.61 Å². The molecule has 0 saturated carbocycles. The molecule has 0 aliphatic carbocycles. The smallest absolute Gasteiger partial charge is 0.223 e. The Bertz CT molecular complexity index is 764. The van der Waals surface area contributed by atoms with Gasteiger partial charge in [-0.2, -0.15) is 10.1 Å². The second-order valence-corrected chi connectivity index (χ2v) is 4.66. The molecule has 0 bridgehead atoms. The first kappa shape index (κ1) is 12.9. The second-order valence-electron chi connectivity index (χ2n) is 4.66. The number of nitrogens with zero attached hydrogens (tertiary/aromatic N) is 3. The van der Waals surface area contributed by atoms with E-state index in [1.54, 1.807) is 4.68 Å². The van der Waals surface area contributed by atoms with Crippen LogP contribution in [0.3, 0.4) is 0 Å². The SMILES string of the molecule is CCc1nn(C)c2nc(OCCO)c3ccccc3c12. The normalized spacial score (nSPS) is 11.3. The zero-order valence-corrected chi connectivity index (χ0v) is 11.6. The van der Waals surface area contributed by atoms with E-state index < -0.39 is 0 Å². The highest BCUT2D eigenvalue weighted by Crippen LogP contribution is 2.32. The van der Waals surface area contributed by atoms with Crippen LogP contribution in [0.2, 0.25) is 0 Å². The van der Waals surface area contributed by atoms with Crippen molar-refractivity contribution in [2.75, 3.05) is 13.2 Å². The lowest BCUT2D eigenvalue weighted by Gasteiger charge is -2.08. The number of aliphatic hydroxyl groups is 1.